The molecule has 1 aliphatic heterocycles. The van der Waals surface area contributed by atoms with Crippen molar-refractivity contribution in [2.24, 2.45) is 0 Å². The number of hydrogen-bond donors (Lipinski definition) is 2. The maximum Gasteiger partial charge on any atom is 0.239 e. The van der Waals surface area contributed by atoms with Gasteiger partial charge in [-0.25, -0.2) is 0 Å². The number of rotatable bonds is 4. The van der Waals surface area contributed by atoms with Gasteiger partial charge in [0.2, 0.25) is 11.8 Å². The Balaban J connectivity index is 2.21. The van der Waals surface area contributed by atoms with Crippen LogP contribution in [0, 0.1) is 0 Å². The molecule has 15 heavy (non-hydrogen) atoms. The van der Waals surface area contributed by atoms with E-state index in [-0.39, 0.29) is 30.5 Å². The first-order valence-electron chi connectivity index (χ1n) is 5.25. The van der Waals surface area contributed by atoms with Gasteiger partial charge < -0.3 is 15.4 Å². The molecule has 5 heteroatoms. The largest absolute Gasteiger partial charge is 0.376 e. The molecule has 0 bridgehead atoms. The molecule has 0 radical (unpaired) electrons. The zero-order valence-electron chi connectivity index (χ0n) is 9.21. The standard InChI is InChI=1S/C10H18N2O3/c1-7(9-4-3-5-15-9)12-10(14)6-11-8(2)13/h7,9H,3-6H2,1-2H3,(H,11,13)(H,12,14). The first-order chi connectivity index (χ1) is 7.09. The van der Waals surface area contributed by atoms with E-state index in [4.69, 9.17) is 4.74 Å². The highest BCUT2D eigenvalue weighted by molar-refractivity contribution is 5.83. The Labute approximate surface area is 89.6 Å². The Morgan fingerprint density at radius 1 is 1.53 bits per heavy atom. The SMILES string of the molecule is CC(=O)NCC(=O)NC(C)C1CCCO1. The molecule has 5 nitrogen and oxygen atoms in total. The summed E-state index contributed by atoms with van der Waals surface area (Å²) in [5.74, 6) is -0.372. The van der Waals surface area contributed by atoms with Gasteiger partial charge in [-0.1, -0.05) is 0 Å². The molecule has 1 heterocycles. The molecule has 2 N–H and O–H groups in total. The first kappa shape index (κ1) is 12.0. The molecule has 86 valence electrons. The Hall–Kier alpha value is -1.10. The summed E-state index contributed by atoms with van der Waals surface area (Å²) in [6, 6.07) is 0.00811. The molecule has 0 aromatic rings. The Bertz CT molecular complexity index is 237. The Morgan fingerprint density at radius 2 is 2.27 bits per heavy atom. The van der Waals surface area contributed by atoms with E-state index >= 15 is 0 Å². The molecule has 2 amide bonds. The molecule has 2 atom stereocenters. The van der Waals surface area contributed by atoms with Crippen molar-refractivity contribution < 1.29 is 14.3 Å². The second kappa shape index (κ2) is 5.70. The maximum atomic E-state index is 11.3. The average molecular weight is 214 g/mol. The number of amides is 2. The van der Waals surface area contributed by atoms with E-state index in [0.29, 0.717) is 0 Å². The van der Waals surface area contributed by atoms with Crippen molar-refractivity contribution >= 4 is 11.8 Å². The van der Waals surface area contributed by atoms with Crippen molar-refractivity contribution in [3.8, 4) is 0 Å². The van der Waals surface area contributed by atoms with Gasteiger partial charge >= 0.3 is 0 Å². The zero-order chi connectivity index (χ0) is 11.3. The van der Waals surface area contributed by atoms with Crippen LogP contribution in [0.15, 0.2) is 0 Å². The molecular formula is C10H18N2O3. The van der Waals surface area contributed by atoms with Crippen LogP contribution in [-0.4, -0.2) is 37.1 Å². The average Bonchev–Trinajstić information content (AvgIpc) is 2.67. The van der Waals surface area contributed by atoms with Gasteiger partial charge in [0.05, 0.1) is 18.7 Å². The highest BCUT2D eigenvalue weighted by Gasteiger charge is 2.23. The predicted octanol–water partition coefficient (Wildman–Crippen LogP) is -0.194. The molecule has 0 aliphatic carbocycles. The third-order valence-electron chi connectivity index (χ3n) is 2.41. The summed E-state index contributed by atoms with van der Waals surface area (Å²) in [7, 11) is 0. The lowest BCUT2D eigenvalue weighted by Crippen LogP contribution is -2.45. The van der Waals surface area contributed by atoms with Crippen LogP contribution in [-0.2, 0) is 14.3 Å². The summed E-state index contributed by atoms with van der Waals surface area (Å²) < 4.78 is 5.44. The molecule has 1 saturated heterocycles. The molecule has 1 fully saturated rings. The Morgan fingerprint density at radius 3 is 2.80 bits per heavy atom. The highest BCUT2D eigenvalue weighted by atomic mass is 16.5. The fraction of sp³-hybridized carbons (Fsp3) is 0.800. The van der Waals surface area contributed by atoms with E-state index in [9.17, 15) is 9.59 Å². The molecule has 0 saturated carbocycles. The summed E-state index contributed by atoms with van der Waals surface area (Å²) in [6.45, 7) is 4.11. The quantitative estimate of drug-likeness (QED) is 0.681. The van der Waals surface area contributed by atoms with Crippen molar-refractivity contribution in [1.29, 1.82) is 0 Å². The third kappa shape index (κ3) is 4.29. The van der Waals surface area contributed by atoms with Crippen molar-refractivity contribution in [3.05, 3.63) is 0 Å². The minimum atomic E-state index is -0.199. The molecule has 0 spiro atoms. The van der Waals surface area contributed by atoms with Crippen LogP contribution < -0.4 is 10.6 Å². The van der Waals surface area contributed by atoms with Crippen LogP contribution in [0.3, 0.4) is 0 Å². The van der Waals surface area contributed by atoms with Crippen LogP contribution in [0.2, 0.25) is 0 Å². The van der Waals surface area contributed by atoms with Crippen LogP contribution >= 0.6 is 0 Å². The third-order valence-corrected chi connectivity index (χ3v) is 2.41. The number of carbonyl (C=O) groups excluding carboxylic acids is 2. The number of nitrogens with one attached hydrogen (secondary N) is 2. The number of hydrogen-bond acceptors (Lipinski definition) is 3. The summed E-state index contributed by atoms with van der Waals surface area (Å²) in [5, 5.41) is 5.25. The van der Waals surface area contributed by atoms with Crippen LogP contribution in [0.1, 0.15) is 26.7 Å². The van der Waals surface area contributed by atoms with Gasteiger partial charge in [0, 0.05) is 13.5 Å². The van der Waals surface area contributed by atoms with Gasteiger partial charge in [-0.05, 0) is 19.8 Å². The minimum Gasteiger partial charge on any atom is -0.376 e. The summed E-state index contributed by atoms with van der Waals surface area (Å²) in [6.07, 6.45) is 2.16. The van der Waals surface area contributed by atoms with Crippen molar-refractivity contribution in [1.82, 2.24) is 10.6 Å². The van der Waals surface area contributed by atoms with Gasteiger partial charge in [0.25, 0.3) is 0 Å². The van der Waals surface area contributed by atoms with Gasteiger partial charge in [-0.3, -0.25) is 9.59 Å². The van der Waals surface area contributed by atoms with Crippen molar-refractivity contribution in [3.63, 3.8) is 0 Å². The second-order valence-electron chi connectivity index (χ2n) is 3.82. The Kier molecular flexibility index (Phi) is 4.55. The van der Waals surface area contributed by atoms with Gasteiger partial charge in [0.15, 0.2) is 0 Å². The van der Waals surface area contributed by atoms with Crippen LogP contribution in [0.25, 0.3) is 0 Å². The monoisotopic (exact) mass is 214 g/mol. The summed E-state index contributed by atoms with van der Waals surface area (Å²) in [4.78, 5) is 21.9. The van der Waals surface area contributed by atoms with E-state index in [0.717, 1.165) is 19.4 Å². The van der Waals surface area contributed by atoms with Crippen LogP contribution in [0.5, 0.6) is 0 Å². The van der Waals surface area contributed by atoms with Gasteiger partial charge in [-0.2, -0.15) is 0 Å². The van der Waals surface area contributed by atoms with Gasteiger partial charge in [-0.15, -0.1) is 0 Å². The first-order valence-corrected chi connectivity index (χ1v) is 5.25. The molecule has 0 aromatic heterocycles. The smallest absolute Gasteiger partial charge is 0.239 e. The van der Waals surface area contributed by atoms with Gasteiger partial charge in [0.1, 0.15) is 0 Å². The normalized spacial score (nSPS) is 22.1. The molecule has 1 rings (SSSR count). The van der Waals surface area contributed by atoms with E-state index in [1.54, 1.807) is 0 Å². The van der Waals surface area contributed by atoms with Crippen LogP contribution in [0.4, 0.5) is 0 Å². The van der Waals surface area contributed by atoms with Crippen molar-refractivity contribution in [2.75, 3.05) is 13.2 Å². The van der Waals surface area contributed by atoms with E-state index in [1.165, 1.54) is 6.92 Å². The summed E-state index contributed by atoms with van der Waals surface area (Å²) in [5.41, 5.74) is 0. The number of carbonyl (C=O) groups is 2. The molecule has 2 unspecified atom stereocenters. The molecule has 0 aromatic carbocycles. The van der Waals surface area contributed by atoms with E-state index < -0.39 is 0 Å². The van der Waals surface area contributed by atoms with E-state index in [2.05, 4.69) is 10.6 Å². The number of ether oxygens (including phenoxy) is 1. The van der Waals surface area contributed by atoms with Crippen molar-refractivity contribution in [2.45, 2.75) is 38.8 Å². The minimum absolute atomic E-state index is 0.00811. The van der Waals surface area contributed by atoms with E-state index in [1.807, 2.05) is 6.92 Å². The maximum absolute atomic E-state index is 11.3. The lowest BCUT2D eigenvalue weighted by atomic mass is 10.1. The highest BCUT2D eigenvalue weighted by Crippen LogP contribution is 2.15. The summed E-state index contributed by atoms with van der Waals surface area (Å²) >= 11 is 0. The lowest BCUT2D eigenvalue weighted by molar-refractivity contribution is -0.125. The second-order valence-corrected chi connectivity index (χ2v) is 3.82. The topological polar surface area (TPSA) is 67.4 Å². The lowest BCUT2D eigenvalue weighted by Gasteiger charge is -2.19. The molecule has 1 aliphatic rings. The fourth-order valence-electron chi connectivity index (χ4n) is 1.60. The predicted molar refractivity (Wildman–Crippen MR) is 55.3 cm³/mol. The fourth-order valence-corrected chi connectivity index (χ4v) is 1.60. The molecular weight excluding hydrogens is 196 g/mol. The zero-order valence-corrected chi connectivity index (χ0v) is 9.21.